The number of aliphatic hydroxyl groups is 2. The first-order chi connectivity index (χ1) is 12.1. The maximum absolute atomic E-state index is 13.9. The van der Waals surface area contributed by atoms with Gasteiger partial charge in [-0.05, 0) is 31.6 Å². The summed E-state index contributed by atoms with van der Waals surface area (Å²) in [5, 5.41) is 25.4. The summed E-state index contributed by atoms with van der Waals surface area (Å²) in [6, 6.07) is 0. The van der Waals surface area contributed by atoms with E-state index in [1.807, 2.05) is 0 Å². The van der Waals surface area contributed by atoms with Gasteiger partial charge in [0.05, 0.1) is 43.9 Å². The molecule has 0 amide bonds. The van der Waals surface area contributed by atoms with E-state index < -0.39 is 5.82 Å². The predicted molar refractivity (Wildman–Crippen MR) is 88.0 cm³/mol. The molecule has 9 heteroatoms. The zero-order valence-corrected chi connectivity index (χ0v) is 13.8. The molecule has 3 N–H and O–H groups in total. The molecule has 8 nitrogen and oxygen atoms in total. The summed E-state index contributed by atoms with van der Waals surface area (Å²) in [6.45, 7) is 0.745. The summed E-state index contributed by atoms with van der Waals surface area (Å²) in [7, 11) is 0. The van der Waals surface area contributed by atoms with Crippen molar-refractivity contribution in [2.24, 2.45) is 5.92 Å². The quantitative estimate of drug-likeness (QED) is 0.694. The van der Waals surface area contributed by atoms with Crippen LogP contribution in [0.1, 0.15) is 25.7 Å². The number of nitrogens with zero attached hydrogens (tertiary/aromatic N) is 4. The Morgan fingerprint density at radius 1 is 1.28 bits per heavy atom. The minimum absolute atomic E-state index is 0.00957. The lowest BCUT2D eigenvalue weighted by molar-refractivity contribution is 0.0899. The Morgan fingerprint density at radius 3 is 2.84 bits per heavy atom. The van der Waals surface area contributed by atoms with Crippen molar-refractivity contribution in [2.75, 3.05) is 18.5 Å². The molecule has 0 unspecified atom stereocenters. The molecule has 1 aliphatic carbocycles. The molecular weight excluding hydrogens is 329 g/mol. The Labute approximate surface area is 144 Å². The molecule has 2 aromatic rings. The van der Waals surface area contributed by atoms with Crippen molar-refractivity contribution in [2.45, 2.75) is 38.3 Å². The second-order valence-corrected chi connectivity index (χ2v) is 6.17. The van der Waals surface area contributed by atoms with E-state index in [1.54, 1.807) is 17.1 Å². The smallest absolute Gasteiger partial charge is 0.255 e. The Hall–Kier alpha value is -2.26. The average molecular weight is 351 g/mol. The number of hydrogen-bond donors (Lipinski definition) is 3. The van der Waals surface area contributed by atoms with E-state index in [0.717, 1.165) is 31.9 Å². The first-order valence-electron chi connectivity index (χ1n) is 8.38. The Balaban J connectivity index is 1.59. The van der Waals surface area contributed by atoms with E-state index in [1.165, 1.54) is 0 Å². The molecule has 0 aliphatic heterocycles. The van der Waals surface area contributed by atoms with E-state index in [2.05, 4.69) is 20.4 Å². The van der Waals surface area contributed by atoms with Crippen LogP contribution < -0.4 is 10.1 Å². The second-order valence-electron chi connectivity index (χ2n) is 6.17. The summed E-state index contributed by atoms with van der Waals surface area (Å²) in [5.41, 5.74) is 0.632. The first-order valence-corrected chi connectivity index (χ1v) is 8.38. The van der Waals surface area contributed by atoms with Gasteiger partial charge in [0.15, 0.2) is 0 Å². The molecule has 0 spiro atoms. The molecule has 136 valence electrons. The second kappa shape index (κ2) is 8.21. The summed E-state index contributed by atoms with van der Waals surface area (Å²) in [6.07, 6.45) is 7.33. The van der Waals surface area contributed by atoms with Crippen molar-refractivity contribution in [3.8, 4) is 5.88 Å². The van der Waals surface area contributed by atoms with E-state index in [4.69, 9.17) is 9.84 Å². The summed E-state index contributed by atoms with van der Waals surface area (Å²) in [4.78, 5) is 7.96. The van der Waals surface area contributed by atoms with Gasteiger partial charge >= 0.3 is 0 Å². The highest BCUT2D eigenvalue weighted by molar-refractivity contribution is 5.50. The standard InChI is InChI=1S/C16H22FN5O3/c17-14-8-18-16(20-12-7-19-22(9-12)5-6-23)21-15(14)25-10-11-1-3-13(24)4-2-11/h7-9,11,13,23-24H,1-6,10H2,(H,18,20,21). The number of nitrogens with one attached hydrogen (secondary N) is 1. The molecule has 2 aromatic heterocycles. The number of hydrogen-bond acceptors (Lipinski definition) is 7. The molecule has 0 atom stereocenters. The van der Waals surface area contributed by atoms with Crippen LogP contribution in [0.15, 0.2) is 18.6 Å². The van der Waals surface area contributed by atoms with Gasteiger partial charge in [0.2, 0.25) is 11.8 Å². The van der Waals surface area contributed by atoms with Crippen molar-refractivity contribution in [3.05, 3.63) is 24.4 Å². The topological polar surface area (TPSA) is 105 Å². The molecule has 2 heterocycles. The number of rotatable bonds is 7. The number of halogens is 1. The van der Waals surface area contributed by atoms with Crippen LogP contribution in [0.2, 0.25) is 0 Å². The third kappa shape index (κ3) is 4.86. The van der Waals surface area contributed by atoms with Gasteiger partial charge in [0.25, 0.3) is 5.88 Å². The number of ether oxygens (including phenoxy) is 1. The van der Waals surface area contributed by atoms with Crippen molar-refractivity contribution in [1.29, 1.82) is 0 Å². The van der Waals surface area contributed by atoms with E-state index in [0.29, 0.717) is 24.8 Å². The average Bonchev–Trinajstić information content (AvgIpc) is 3.04. The fraction of sp³-hybridized carbons (Fsp3) is 0.562. The van der Waals surface area contributed by atoms with Crippen LogP contribution >= 0.6 is 0 Å². The number of anilines is 2. The van der Waals surface area contributed by atoms with Crippen LogP contribution in [0.3, 0.4) is 0 Å². The van der Waals surface area contributed by atoms with Crippen molar-refractivity contribution < 1.29 is 19.3 Å². The monoisotopic (exact) mass is 351 g/mol. The summed E-state index contributed by atoms with van der Waals surface area (Å²) >= 11 is 0. The lowest BCUT2D eigenvalue weighted by Gasteiger charge is -2.25. The zero-order valence-electron chi connectivity index (χ0n) is 13.8. The molecule has 3 rings (SSSR count). The Bertz CT molecular complexity index is 688. The maximum Gasteiger partial charge on any atom is 0.255 e. The fourth-order valence-electron chi connectivity index (χ4n) is 2.80. The molecule has 0 bridgehead atoms. The van der Waals surface area contributed by atoms with Crippen LogP contribution in [0.4, 0.5) is 16.0 Å². The van der Waals surface area contributed by atoms with Gasteiger partial charge in [-0.2, -0.15) is 14.5 Å². The largest absolute Gasteiger partial charge is 0.475 e. The minimum Gasteiger partial charge on any atom is -0.475 e. The molecule has 0 aromatic carbocycles. The normalized spacial score (nSPS) is 20.4. The molecular formula is C16H22FN5O3. The van der Waals surface area contributed by atoms with Gasteiger partial charge in [0, 0.05) is 6.20 Å². The number of aromatic nitrogens is 4. The molecule has 1 aliphatic rings. The molecule has 1 saturated carbocycles. The van der Waals surface area contributed by atoms with Gasteiger partial charge < -0.3 is 20.3 Å². The van der Waals surface area contributed by atoms with Gasteiger partial charge in [-0.1, -0.05) is 0 Å². The van der Waals surface area contributed by atoms with Crippen LogP contribution in [0.25, 0.3) is 0 Å². The third-order valence-corrected chi connectivity index (χ3v) is 4.20. The van der Waals surface area contributed by atoms with E-state index in [-0.39, 0.29) is 24.5 Å². The van der Waals surface area contributed by atoms with Gasteiger partial charge in [-0.25, -0.2) is 4.98 Å². The van der Waals surface area contributed by atoms with Crippen LogP contribution in [0, 0.1) is 11.7 Å². The van der Waals surface area contributed by atoms with Gasteiger partial charge in [-0.3, -0.25) is 4.68 Å². The highest BCUT2D eigenvalue weighted by atomic mass is 19.1. The van der Waals surface area contributed by atoms with Crippen LogP contribution in [0.5, 0.6) is 5.88 Å². The SMILES string of the molecule is OCCn1cc(Nc2ncc(F)c(OCC3CCC(O)CC3)n2)cn1. The highest BCUT2D eigenvalue weighted by Gasteiger charge is 2.20. The van der Waals surface area contributed by atoms with Gasteiger partial charge in [0.1, 0.15) is 0 Å². The Morgan fingerprint density at radius 2 is 2.08 bits per heavy atom. The number of aliphatic hydroxyl groups excluding tert-OH is 2. The summed E-state index contributed by atoms with van der Waals surface area (Å²) < 4.78 is 21.0. The molecule has 25 heavy (non-hydrogen) atoms. The third-order valence-electron chi connectivity index (χ3n) is 4.20. The van der Waals surface area contributed by atoms with Gasteiger partial charge in [-0.15, -0.1) is 0 Å². The lowest BCUT2D eigenvalue weighted by Crippen LogP contribution is -2.23. The van der Waals surface area contributed by atoms with E-state index >= 15 is 0 Å². The van der Waals surface area contributed by atoms with E-state index in [9.17, 15) is 9.50 Å². The van der Waals surface area contributed by atoms with Crippen LogP contribution in [-0.2, 0) is 6.54 Å². The van der Waals surface area contributed by atoms with Crippen molar-refractivity contribution in [3.63, 3.8) is 0 Å². The fourth-order valence-corrected chi connectivity index (χ4v) is 2.80. The zero-order chi connectivity index (χ0) is 17.6. The Kier molecular flexibility index (Phi) is 5.77. The highest BCUT2D eigenvalue weighted by Crippen LogP contribution is 2.25. The van der Waals surface area contributed by atoms with Crippen LogP contribution in [-0.4, -0.2) is 49.3 Å². The lowest BCUT2D eigenvalue weighted by atomic mass is 9.88. The first kappa shape index (κ1) is 17.6. The minimum atomic E-state index is -0.614. The van der Waals surface area contributed by atoms with Crippen molar-refractivity contribution in [1.82, 2.24) is 19.7 Å². The molecule has 0 saturated heterocycles. The maximum atomic E-state index is 13.9. The predicted octanol–water partition coefficient (Wildman–Crippen LogP) is 1.48. The summed E-state index contributed by atoms with van der Waals surface area (Å²) in [5.74, 6) is -0.200. The van der Waals surface area contributed by atoms with Crippen molar-refractivity contribution >= 4 is 11.6 Å². The molecule has 0 radical (unpaired) electrons. The molecule has 1 fully saturated rings.